The van der Waals surface area contributed by atoms with Crippen LogP contribution in [0.4, 0.5) is 0 Å². The summed E-state index contributed by atoms with van der Waals surface area (Å²) in [5.74, 6) is 0.0813. The molecule has 0 saturated carbocycles. The van der Waals surface area contributed by atoms with Crippen molar-refractivity contribution in [1.29, 1.82) is 0 Å². The average molecular weight is 191 g/mol. The van der Waals surface area contributed by atoms with Gasteiger partial charge in [-0.1, -0.05) is 19.1 Å². The number of carbonyl (C=O) groups excluding carboxylic acids is 1. The monoisotopic (exact) mass is 191 g/mol. The molecule has 0 radical (unpaired) electrons. The summed E-state index contributed by atoms with van der Waals surface area (Å²) in [4.78, 5) is 13.4. The van der Waals surface area contributed by atoms with Crippen LogP contribution in [0, 0.1) is 6.92 Å². The highest BCUT2D eigenvalue weighted by Gasteiger charge is 2.11. The molecular weight excluding hydrogens is 174 g/mol. The molecule has 76 valence electrons. The Kier molecular flexibility index (Phi) is 3.28. The topological polar surface area (TPSA) is 20.3 Å². The molecular formula is C12H17NO. The molecule has 0 aliphatic heterocycles. The molecule has 0 aliphatic rings. The van der Waals surface area contributed by atoms with Crippen LogP contribution in [0.3, 0.4) is 0 Å². The number of benzene rings is 1. The fraction of sp³-hybridized carbons (Fsp3) is 0.417. The summed E-state index contributed by atoms with van der Waals surface area (Å²) < 4.78 is 0. The Hall–Kier alpha value is -1.31. The van der Waals surface area contributed by atoms with E-state index in [4.69, 9.17) is 0 Å². The Balaban J connectivity index is 3.16. The summed E-state index contributed by atoms with van der Waals surface area (Å²) in [6.07, 6.45) is 0.973. The molecule has 1 aromatic rings. The summed E-state index contributed by atoms with van der Waals surface area (Å²) in [5, 5.41) is 0. The highest BCUT2D eigenvalue weighted by molar-refractivity contribution is 5.95. The van der Waals surface area contributed by atoms with Gasteiger partial charge in [0.2, 0.25) is 0 Å². The molecule has 0 fully saturated rings. The van der Waals surface area contributed by atoms with Gasteiger partial charge >= 0.3 is 0 Å². The van der Waals surface area contributed by atoms with E-state index in [-0.39, 0.29) is 5.91 Å². The van der Waals surface area contributed by atoms with Gasteiger partial charge in [-0.3, -0.25) is 4.79 Å². The second kappa shape index (κ2) is 4.27. The van der Waals surface area contributed by atoms with Crippen LogP contribution in [0.1, 0.15) is 28.4 Å². The van der Waals surface area contributed by atoms with Gasteiger partial charge in [0.15, 0.2) is 0 Å². The van der Waals surface area contributed by atoms with Gasteiger partial charge in [-0.2, -0.15) is 0 Å². The van der Waals surface area contributed by atoms with Crippen molar-refractivity contribution in [3.8, 4) is 0 Å². The molecule has 0 atom stereocenters. The van der Waals surface area contributed by atoms with Gasteiger partial charge < -0.3 is 4.90 Å². The molecule has 0 unspecified atom stereocenters. The second-order valence-electron chi connectivity index (χ2n) is 3.64. The predicted molar refractivity (Wildman–Crippen MR) is 58.6 cm³/mol. The molecule has 1 aromatic carbocycles. The van der Waals surface area contributed by atoms with Crippen LogP contribution in [0.2, 0.25) is 0 Å². The van der Waals surface area contributed by atoms with Crippen molar-refractivity contribution < 1.29 is 4.79 Å². The van der Waals surface area contributed by atoms with E-state index in [2.05, 4.69) is 13.0 Å². The van der Waals surface area contributed by atoms with E-state index in [1.165, 1.54) is 5.56 Å². The van der Waals surface area contributed by atoms with Crippen molar-refractivity contribution in [2.24, 2.45) is 0 Å². The highest BCUT2D eigenvalue weighted by Crippen LogP contribution is 2.15. The SMILES string of the molecule is CCc1cccc(C(=O)N(C)C)c1C. The van der Waals surface area contributed by atoms with Crippen molar-refractivity contribution in [2.45, 2.75) is 20.3 Å². The van der Waals surface area contributed by atoms with Crippen LogP contribution in [0.25, 0.3) is 0 Å². The summed E-state index contributed by atoms with van der Waals surface area (Å²) in [6.45, 7) is 4.11. The molecule has 2 heteroatoms. The molecule has 0 spiro atoms. The van der Waals surface area contributed by atoms with E-state index >= 15 is 0 Å². The first-order valence-corrected chi connectivity index (χ1v) is 4.88. The Morgan fingerprint density at radius 1 is 1.36 bits per heavy atom. The highest BCUT2D eigenvalue weighted by atomic mass is 16.2. The fourth-order valence-corrected chi connectivity index (χ4v) is 1.54. The fourth-order valence-electron chi connectivity index (χ4n) is 1.54. The molecule has 0 bridgehead atoms. The number of hydrogen-bond donors (Lipinski definition) is 0. The summed E-state index contributed by atoms with van der Waals surface area (Å²) in [5.41, 5.74) is 3.17. The molecule has 1 amide bonds. The van der Waals surface area contributed by atoms with Crippen molar-refractivity contribution >= 4 is 5.91 Å². The third-order valence-electron chi connectivity index (χ3n) is 2.46. The molecule has 0 heterocycles. The maximum Gasteiger partial charge on any atom is 0.253 e. The van der Waals surface area contributed by atoms with Crippen LogP contribution >= 0.6 is 0 Å². The van der Waals surface area contributed by atoms with E-state index in [1.54, 1.807) is 19.0 Å². The Morgan fingerprint density at radius 3 is 2.50 bits per heavy atom. The quantitative estimate of drug-likeness (QED) is 0.702. The predicted octanol–water partition coefficient (Wildman–Crippen LogP) is 2.26. The van der Waals surface area contributed by atoms with Gasteiger partial charge in [-0.05, 0) is 30.5 Å². The van der Waals surface area contributed by atoms with E-state index < -0.39 is 0 Å². The first-order chi connectivity index (χ1) is 6.57. The zero-order valence-corrected chi connectivity index (χ0v) is 9.29. The number of hydrogen-bond acceptors (Lipinski definition) is 1. The van der Waals surface area contributed by atoms with Gasteiger partial charge in [-0.25, -0.2) is 0 Å². The molecule has 0 aromatic heterocycles. The van der Waals surface area contributed by atoms with Crippen molar-refractivity contribution in [3.63, 3.8) is 0 Å². The average Bonchev–Trinajstić information content (AvgIpc) is 2.17. The van der Waals surface area contributed by atoms with Gasteiger partial charge in [-0.15, -0.1) is 0 Å². The Bertz CT molecular complexity index is 342. The lowest BCUT2D eigenvalue weighted by Gasteiger charge is -2.14. The molecule has 0 N–H and O–H groups in total. The van der Waals surface area contributed by atoms with Crippen LogP contribution < -0.4 is 0 Å². The minimum atomic E-state index is 0.0813. The number of carbonyl (C=O) groups is 1. The van der Waals surface area contributed by atoms with Gasteiger partial charge in [0.25, 0.3) is 5.91 Å². The molecule has 1 rings (SSSR count). The second-order valence-corrected chi connectivity index (χ2v) is 3.64. The minimum Gasteiger partial charge on any atom is -0.345 e. The summed E-state index contributed by atoms with van der Waals surface area (Å²) >= 11 is 0. The van der Waals surface area contributed by atoms with E-state index in [0.29, 0.717) is 0 Å². The molecule has 2 nitrogen and oxygen atoms in total. The largest absolute Gasteiger partial charge is 0.345 e. The van der Waals surface area contributed by atoms with Crippen molar-refractivity contribution in [1.82, 2.24) is 4.90 Å². The summed E-state index contributed by atoms with van der Waals surface area (Å²) in [7, 11) is 3.56. The Morgan fingerprint density at radius 2 is 2.00 bits per heavy atom. The lowest BCUT2D eigenvalue weighted by molar-refractivity contribution is 0.0827. The number of rotatable bonds is 2. The molecule has 0 saturated heterocycles. The lowest BCUT2D eigenvalue weighted by Crippen LogP contribution is -2.22. The number of nitrogens with zero attached hydrogens (tertiary/aromatic N) is 1. The van der Waals surface area contributed by atoms with Crippen LogP contribution in [0.5, 0.6) is 0 Å². The van der Waals surface area contributed by atoms with E-state index in [0.717, 1.165) is 17.5 Å². The van der Waals surface area contributed by atoms with Crippen molar-refractivity contribution in [2.75, 3.05) is 14.1 Å². The first kappa shape index (κ1) is 10.8. The zero-order chi connectivity index (χ0) is 10.7. The third kappa shape index (κ3) is 1.95. The third-order valence-corrected chi connectivity index (χ3v) is 2.46. The van der Waals surface area contributed by atoms with Gasteiger partial charge in [0, 0.05) is 19.7 Å². The van der Waals surface area contributed by atoms with Crippen LogP contribution in [-0.2, 0) is 6.42 Å². The van der Waals surface area contributed by atoms with Crippen LogP contribution in [0.15, 0.2) is 18.2 Å². The zero-order valence-electron chi connectivity index (χ0n) is 9.29. The standard InChI is InChI=1S/C12H17NO/c1-5-10-7-6-8-11(9(10)2)12(14)13(3)4/h6-8H,5H2,1-4H3. The van der Waals surface area contributed by atoms with Gasteiger partial charge in [0.1, 0.15) is 0 Å². The maximum absolute atomic E-state index is 11.8. The first-order valence-electron chi connectivity index (χ1n) is 4.88. The van der Waals surface area contributed by atoms with Crippen molar-refractivity contribution in [3.05, 3.63) is 34.9 Å². The van der Waals surface area contributed by atoms with E-state index in [9.17, 15) is 4.79 Å². The van der Waals surface area contributed by atoms with E-state index in [1.807, 2.05) is 19.1 Å². The minimum absolute atomic E-state index is 0.0813. The van der Waals surface area contributed by atoms with Gasteiger partial charge in [0.05, 0.1) is 0 Å². The summed E-state index contributed by atoms with van der Waals surface area (Å²) in [6, 6.07) is 5.90. The normalized spacial score (nSPS) is 10.0. The number of amides is 1. The Labute approximate surface area is 85.5 Å². The van der Waals surface area contributed by atoms with Crippen LogP contribution in [-0.4, -0.2) is 24.9 Å². The maximum atomic E-state index is 11.8. The number of aryl methyl sites for hydroxylation is 1. The lowest BCUT2D eigenvalue weighted by atomic mass is 10.00. The smallest absolute Gasteiger partial charge is 0.253 e. The molecule has 14 heavy (non-hydrogen) atoms. The molecule has 0 aliphatic carbocycles.